The molecule has 9 nitrogen and oxygen atoms in total. The number of aromatic nitrogens is 3. The summed E-state index contributed by atoms with van der Waals surface area (Å²) in [5.41, 5.74) is 9.33. The van der Waals surface area contributed by atoms with Crippen LogP contribution in [0, 0.1) is 5.41 Å². The number of carbonyl (C=O) groups is 1. The zero-order valence-corrected chi connectivity index (χ0v) is 21.4. The largest absolute Gasteiger partial charge is 0.484 e. The predicted molar refractivity (Wildman–Crippen MR) is 151 cm³/mol. The van der Waals surface area contributed by atoms with Gasteiger partial charge in [-0.15, -0.1) is 0 Å². The lowest BCUT2D eigenvalue weighted by atomic mass is 10.1. The molecule has 1 amide bonds. The van der Waals surface area contributed by atoms with E-state index in [1.807, 2.05) is 62.4 Å². The fourth-order valence-corrected chi connectivity index (χ4v) is 3.95. The van der Waals surface area contributed by atoms with E-state index in [2.05, 4.69) is 15.6 Å². The summed E-state index contributed by atoms with van der Waals surface area (Å²) >= 11 is 0. The minimum Gasteiger partial charge on any atom is -0.484 e. The van der Waals surface area contributed by atoms with E-state index in [9.17, 15) is 4.79 Å². The molecular weight excluding hydrogens is 478 g/mol. The number of ether oxygens (including phenoxy) is 1. The molecule has 0 aliphatic heterocycles. The van der Waals surface area contributed by atoms with Gasteiger partial charge in [0.05, 0.1) is 11.7 Å². The van der Waals surface area contributed by atoms with Gasteiger partial charge in [-0.25, -0.2) is 9.97 Å². The number of benzene rings is 2. The highest BCUT2D eigenvalue weighted by atomic mass is 16.5. The fraction of sp³-hybridized carbons (Fsp3) is 0.207. The Balaban J connectivity index is 1.58. The lowest BCUT2D eigenvalue weighted by Crippen LogP contribution is -2.37. The molecule has 2 aromatic carbocycles. The van der Waals surface area contributed by atoms with Crippen LogP contribution >= 0.6 is 0 Å². The van der Waals surface area contributed by atoms with Crippen LogP contribution in [0.4, 0.5) is 11.5 Å². The van der Waals surface area contributed by atoms with Crippen molar-refractivity contribution in [2.75, 3.05) is 11.9 Å². The SMILES string of the molecule is CCC(CC)NC(=O)COc1cccc(-c2nc(Nc3ccc(C(C=N)=CN)cc3)c3ccncc3n2)c1. The average Bonchev–Trinajstić information content (AvgIpc) is 2.96. The number of nitrogens with one attached hydrogen (secondary N) is 3. The van der Waals surface area contributed by atoms with Crippen molar-refractivity contribution < 1.29 is 9.53 Å². The molecule has 4 aromatic rings. The molecule has 0 aliphatic carbocycles. The molecule has 0 radical (unpaired) electrons. The molecule has 5 N–H and O–H groups in total. The number of hydrogen-bond donors (Lipinski definition) is 4. The highest BCUT2D eigenvalue weighted by molar-refractivity contribution is 6.08. The van der Waals surface area contributed by atoms with Crippen LogP contribution in [0.15, 0.2) is 73.2 Å². The third kappa shape index (κ3) is 6.31. The van der Waals surface area contributed by atoms with Gasteiger partial charge in [-0.2, -0.15) is 0 Å². The van der Waals surface area contributed by atoms with E-state index < -0.39 is 0 Å². The molecule has 0 unspecified atom stereocenters. The molecule has 0 saturated carbocycles. The summed E-state index contributed by atoms with van der Waals surface area (Å²) in [6.07, 6.45) is 7.77. The molecule has 194 valence electrons. The van der Waals surface area contributed by atoms with Crippen LogP contribution in [-0.2, 0) is 4.79 Å². The topological polar surface area (TPSA) is 139 Å². The van der Waals surface area contributed by atoms with Crippen molar-refractivity contribution in [2.24, 2.45) is 5.73 Å². The highest BCUT2D eigenvalue weighted by Gasteiger charge is 2.13. The minimum atomic E-state index is -0.149. The maximum absolute atomic E-state index is 12.3. The minimum absolute atomic E-state index is 0.0652. The van der Waals surface area contributed by atoms with Crippen molar-refractivity contribution in [1.82, 2.24) is 20.3 Å². The van der Waals surface area contributed by atoms with E-state index in [1.165, 1.54) is 12.4 Å². The number of nitrogens with zero attached hydrogens (tertiary/aromatic N) is 3. The Morgan fingerprint density at radius 3 is 2.61 bits per heavy atom. The first-order valence-electron chi connectivity index (χ1n) is 12.5. The molecule has 0 spiro atoms. The molecule has 9 heteroatoms. The monoisotopic (exact) mass is 509 g/mol. The summed E-state index contributed by atoms with van der Waals surface area (Å²) in [5.74, 6) is 1.52. The molecule has 0 fully saturated rings. The summed E-state index contributed by atoms with van der Waals surface area (Å²) in [4.78, 5) is 26.0. The van der Waals surface area contributed by atoms with E-state index in [4.69, 9.17) is 25.8 Å². The van der Waals surface area contributed by atoms with Gasteiger partial charge in [0.1, 0.15) is 11.6 Å². The maximum Gasteiger partial charge on any atom is 0.258 e. The number of rotatable bonds is 11. The van der Waals surface area contributed by atoms with Crippen molar-refractivity contribution in [3.63, 3.8) is 0 Å². The fourth-order valence-electron chi connectivity index (χ4n) is 3.95. The second-order valence-electron chi connectivity index (χ2n) is 8.65. The zero-order valence-electron chi connectivity index (χ0n) is 21.4. The van der Waals surface area contributed by atoms with Crippen LogP contribution in [0.3, 0.4) is 0 Å². The first kappa shape index (κ1) is 26.3. The van der Waals surface area contributed by atoms with Gasteiger partial charge in [0.2, 0.25) is 0 Å². The summed E-state index contributed by atoms with van der Waals surface area (Å²) in [7, 11) is 0. The average molecular weight is 510 g/mol. The van der Waals surface area contributed by atoms with Crippen molar-refractivity contribution >= 4 is 40.1 Å². The number of carbonyl (C=O) groups excluding carboxylic acids is 1. The molecule has 0 aliphatic rings. The number of pyridine rings is 1. The van der Waals surface area contributed by atoms with Crippen LogP contribution in [0.2, 0.25) is 0 Å². The Hall–Kier alpha value is -4.79. The molecular formula is C29H31N7O2. The number of anilines is 2. The Labute approximate surface area is 221 Å². The zero-order chi connectivity index (χ0) is 26.9. The number of hydrogen-bond acceptors (Lipinski definition) is 8. The molecule has 2 heterocycles. The first-order valence-corrected chi connectivity index (χ1v) is 12.5. The molecule has 0 bridgehead atoms. The Morgan fingerprint density at radius 2 is 1.89 bits per heavy atom. The number of fused-ring (bicyclic) bond motifs is 1. The Morgan fingerprint density at radius 1 is 1.11 bits per heavy atom. The normalized spacial score (nSPS) is 11.4. The molecule has 0 saturated heterocycles. The van der Waals surface area contributed by atoms with E-state index in [0.29, 0.717) is 28.5 Å². The van der Waals surface area contributed by atoms with E-state index in [0.717, 1.165) is 35.0 Å². The van der Waals surface area contributed by atoms with Gasteiger partial charge in [-0.3, -0.25) is 9.78 Å². The van der Waals surface area contributed by atoms with Crippen LogP contribution in [0.1, 0.15) is 32.3 Å². The van der Waals surface area contributed by atoms with Crippen LogP contribution in [-0.4, -0.2) is 39.7 Å². The van der Waals surface area contributed by atoms with Crippen molar-refractivity contribution in [3.8, 4) is 17.1 Å². The lowest BCUT2D eigenvalue weighted by Gasteiger charge is -2.15. The van der Waals surface area contributed by atoms with Crippen molar-refractivity contribution in [3.05, 3.63) is 78.8 Å². The quantitative estimate of drug-likeness (QED) is 0.207. The third-order valence-corrected chi connectivity index (χ3v) is 6.13. The molecule has 4 rings (SSSR count). The summed E-state index contributed by atoms with van der Waals surface area (Å²) in [6.45, 7) is 4.02. The van der Waals surface area contributed by atoms with Gasteiger partial charge in [0, 0.05) is 46.9 Å². The molecule has 38 heavy (non-hydrogen) atoms. The summed E-state index contributed by atoms with van der Waals surface area (Å²) < 4.78 is 5.76. The standard InChI is InChI=1S/C29H31N7O2/c1-3-22(4-2)33-27(37)18-38-24-7-5-6-20(14-24)28-35-26-17-32-13-12-25(26)29(36-28)34-23-10-8-19(9-11-23)21(15-30)16-31/h5-17,22,30H,3-4,18,31H2,1-2H3,(H,33,37)(H,34,35,36). The third-order valence-electron chi connectivity index (χ3n) is 6.13. The van der Waals surface area contributed by atoms with Crippen molar-refractivity contribution in [2.45, 2.75) is 32.7 Å². The van der Waals surface area contributed by atoms with Gasteiger partial charge < -0.3 is 26.5 Å². The Kier molecular flexibility index (Phi) is 8.61. The second kappa shape index (κ2) is 12.4. The number of allylic oxidation sites excluding steroid dienone is 1. The number of amides is 1. The van der Waals surface area contributed by atoms with E-state index in [1.54, 1.807) is 18.5 Å². The van der Waals surface area contributed by atoms with Crippen LogP contribution in [0.5, 0.6) is 5.75 Å². The molecule has 0 atom stereocenters. The molecule has 2 aromatic heterocycles. The summed E-state index contributed by atoms with van der Waals surface area (Å²) in [6, 6.07) is 16.9. The van der Waals surface area contributed by atoms with Gasteiger partial charge in [0.15, 0.2) is 12.4 Å². The first-order chi connectivity index (χ1) is 18.5. The number of nitrogens with two attached hydrogens (primary N) is 1. The van der Waals surface area contributed by atoms with Crippen LogP contribution in [0.25, 0.3) is 27.9 Å². The maximum atomic E-state index is 12.3. The highest BCUT2D eigenvalue weighted by Crippen LogP contribution is 2.29. The second-order valence-corrected chi connectivity index (χ2v) is 8.65. The summed E-state index contributed by atoms with van der Waals surface area (Å²) in [5, 5.41) is 14.7. The van der Waals surface area contributed by atoms with E-state index in [-0.39, 0.29) is 18.6 Å². The van der Waals surface area contributed by atoms with Gasteiger partial charge >= 0.3 is 0 Å². The predicted octanol–water partition coefficient (Wildman–Crippen LogP) is 5.07. The van der Waals surface area contributed by atoms with Crippen LogP contribution < -0.4 is 21.1 Å². The van der Waals surface area contributed by atoms with Gasteiger partial charge in [-0.05, 0) is 48.7 Å². The van der Waals surface area contributed by atoms with Gasteiger partial charge in [0.25, 0.3) is 5.91 Å². The Bertz CT molecular complexity index is 1450. The van der Waals surface area contributed by atoms with Crippen molar-refractivity contribution in [1.29, 1.82) is 5.41 Å². The lowest BCUT2D eigenvalue weighted by molar-refractivity contribution is -0.123. The van der Waals surface area contributed by atoms with E-state index >= 15 is 0 Å². The van der Waals surface area contributed by atoms with Gasteiger partial charge in [-0.1, -0.05) is 38.1 Å². The smallest absolute Gasteiger partial charge is 0.258 e.